The second-order valence-corrected chi connectivity index (χ2v) is 3.70. The second kappa shape index (κ2) is 6.35. The maximum absolute atomic E-state index is 12.6. The summed E-state index contributed by atoms with van der Waals surface area (Å²) < 4.78 is 47.2. The molecule has 0 unspecified atom stereocenters. The van der Waals surface area contributed by atoms with Crippen LogP contribution in [0.25, 0.3) is 0 Å². The van der Waals surface area contributed by atoms with Gasteiger partial charge in [-0.15, -0.1) is 0 Å². The summed E-state index contributed by atoms with van der Waals surface area (Å²) in [5.41, 5.74) is -3.76. The molecular formula is C10H9F3N2O6. The lowest BCUT2D eigenvalue weighted by atomic mass is 10.1. The lowest BCUT2D eigenvalue weighted by Crippen LogP contribution is -2.11. The molecule has 1 aromatic rings. The molecule has 0 heterocycles. The van der Waals surface area contributed by atoms with Gasteiger partial charge in [0.2, 0.25) is 0 Å². The smallest absolute Gasteiger partial charge is 0.416 e. The SMILES string of the molecule is COCCOc1c([N+](=O)[O-])cc(C(F)(F)F)cc1[N+](=O)[O-]. The highest BCUT2D eigenvalue weighted by Crippen LogP contribution is 2.42. The van der Waals surface area contributed by atoms with Crippen molar-refractivity contribution in [2.45, 2.75) is 6.18 Å². The van der Waals surface area contributed by atoms with E-state index < -0.39 is 38.7 Å². The summed E-state index contributed by atoms with van der Waals surface area (Å²) in [6.45, 7) is -0.334. The standard InChI is InChI=1S/C10H9F3N2O6/c1-20-2-3-21-9-7(14(16)17)4-6(10(11,12)13)5-8(9)15(18)19/h4-5H,2-3H2,1H3. The van der Waals surface area contributed by atoms with Gasteiger partial charge in [-0.05, 0) is 0 Å². The van der Waals surface area contributed by atoms with Crippen molar-refractivity contribution in [2.75, 3.05) is 20.3 Å². The summed E-state index contributed by atoms with van der Waals surface area (Å²) in [5.74, 6) is -0.838. The van der Waals surface area contributed by atoms with Crippen LogP contribution in [-0.2, 0) is 10.9 Å². The molecule has 0 saturated carbocycles. The Morgan fingerprint density at radius 1 is 1.10 bits per heavy atom. The number of nitro groups is 2. The number of hydrogen-bond acceptors (Lipinski definition) is 6. The summed E-state index contributed by atoms with van der Waals surface area (Å²) in [4.78, 5) is 19.3. The van der Waals surface area contributed by atoms with Gasteiger partial charge in [0.05, 0.1) is 22.0 Å². The molecule has 0 amide bonds. The van der Waals surface area contributed by atoms with E-state index in [1.54, 1.807) is 0 Å². The lowest BCUT2D eigenvalue weighted by Gasteiger charge is -2.10. The number of rotatable bonds is 6. The van der Waals surface area contributed by atoms with Crippen molar-refractivity contribution in [2.24, 2.45) is 0 Å². The first kappa shape index (κ1) is 16.6. The number of methoxy groups -OCH3 is 1. The predicted octanol–water partition coefficient (Wildman–Crippen LogP) is 2.55. The van der Waals surface area contributed by atoms with E-state index in [0.29, 0.717) is 0 Å². The number of ether oxygens (including phenoxy) is 2. The number of nitro benzene ring substituents is 2. The van der Waals surface area contributed by atoms with Gasteiger partial charge in [-0.25, -0.2) is 0 Å². The molecule has 116 valence electrons. The topological polar surface area (TPSA) is 105 Å². The number of halogens is 3. The van der Waals surface area contributed by atoms with Crippen LogP contribution < -0.4 is 4.74 Å². The predicted molar refractivity (Wildman–Crippen MR) is 62.1 cm³/mol. The Morgan fingerprint density at radius 2 is 1.57 bits per heavy atom. The maximum atomic E-state index is 12.6. The third-order valence-corrected chi connectivity index (χ3v) is 2.30. The van der Waals surface area contributed by atoms with Crippen molar-refractivity contribution < 1.29 is 32.5 Å². The molecule has 0 aromatic heterocycles. The molecule has 0 spiro atoms. The van der Waals surface area contributed by atoms with Gasteiger partial charge in [-0.3, -0.25) is 20.2 Å². The van der Waals surface area contributed by atoms with Gasteiger partial charge in [0.25, 0.3) is 5.75 Å². The fraction of sp³-hybridized carbons (Fsp3) is 0.400. The highest BCUT2D eigenvalue weighted by Gasteiger charge is 2.38. The highest BCUT2D eigenvalue weighted by molar-refractivity contribution is 5.62. The average Bonchev–Trinajstić information content (AvgIpc) is 2.36. The normalized spacial score (nSPS) is 11.2. The molecule has 8 nitrogen and oxygen atoms in total. The zero-order valence-electron chi connectivity index (χ0n) is 10.5. The maximum Gasteiger partial charge on any atom is 0.416 e. The van der Waals surface area contributed by atoms with Gasteiger partial charge in [0, 0.05) is 19.2 Å². The van der Waals surface area contributed by atoms with Crippen molar-refractivity contribution in [1.82, 2.24) is 0 Å². The Hall–Kier alpha value is -2.43. The van der Waals surface area contributed by atoms with Crippen LogP contribution in [0, 0.1) is 20.2 Å². The molecule has 0 atom stereocenters. The molecular weight excluding hydrogens is 301 g/mol. The fourth-order valence-electron chi connectivity index (χ4n) is 1.41. The van der Waals surface area contributed by atoms with Gasteiger partial charge in [0.15, 0.2) is 0 Å². The van der Waals surface area contributed by atoms with Crippen LogP contribution in [0.3, 0.4) is 0 Å². The second-order valence-electron chi connectivity index (χ2n) is 3.70. The Bertz CT molecular complexity index is 525. The van der Waals surface area contributed by atoms with Crippen molar-refractivity contribution in [3.05, 3.63) is 37.9 Å². The summed E-state index contributed by atoms with van der Waals surface area (Å²) in [6, 6.07) is 0.379. The Kier molecular flexibility index (Phi) is 5.02. The largest absolute Gasteiger partial charge is 0.480 e. The van der Waals surface area contributed by atoms with Crippen molar-refractivity contribution in [3.63, 3.8) is 0 Å². The van der Waals surface area contributed by atoms with Gasteiger partial charge in [-0.1, -0.05) is 0 Å². The van der Waals surface area contributed by atoms with Crippen molar-refractivity contribution in [1.29, 1.82) is 0 Å². The summed E-state index contributed by atoms with van der Waals surface area (Å²) in [5, 5.41) is 21.6. The minimum atomic E-state index is -4.96. The van der Waals surface area contributed by atoms with E-state index >= 15 is 0 Å². The van der Waals surface area contributed by atoms with E-state index in [0.717, 1.165) is 0 Å². The van der Waals surface area contributed by atoms with Crippen LogP contribution in [-0.4, -0.2) is 30.2 Å². The number of benzene rings is 1. The van der Waals surface area contributed by atoms with E-state index in [1.165, 1.54) is 7.11 Å². The molecule has 0 aliphatic heterocycles. The zero-order chi connectivity index (χ0) is 16.2. The summed E-state index contributed by atoms with van der Waals surface area (Å²) in [6.07, 6.45) is -4.96. The number of hydrogen-bond donors (Lipinski definition) is 0. The Labute approximate surface area is 115 Å². The molecule has 1 rings (SSSR count). The van der Waals surface area contributed by atoms with Crippen LogP contribution in [0.4, 0.5) is 24.5 Å². The van der Waals surface area contributed by atoms with E-state index in [1.807, 2.05) is 0 Å². The Morgan fingerprint density at radius 3 is 1.90 bits per heavy atom. The van der Waals surface area contributed by atoms with Crippen molar-refractivity contribution in [3.8, 4) is 5.75 Å². The molecule has 1 aromatic carbocycles. The monoisotopic (exact) mass is 310 g/mol. The minimum Gasteiger partial charge on any atom is -0.480 e. The third-order valence-electron chi connectivity index (χ3n) is 2.30. The van der Waals surface area contributed by atoms with Gasteiger partial charge < -0.3 is 9.47 Å². The number of nitrogens with zero attached hydrogens (tertiary/aromatic N) is 2. The number of alkyl halides is 3. The average molecular weight is 310 g/mol. The first-order valence-electron chi connectivity index (χ1n) is 5.34. The van der Waals surface area contributed by atoms with E-state index in [9.17, 15) is 33.4 Å². The van der Waals surface area contributed by atoms with E-state index in [-0.39, 0.29) is 25.3 Å². The molecule has 0 aliphatic carbocycles. The van der Waals surface area contributed by atoms with Gasteiger partial charge in [0.1, 0.15) is 6.61 Å². The first-order chi connectivity index (χ1) is 9.68. The minimum absolute atomic E-state index is 0.0463. The van der Waals surface area contributed by atoms with E-state index in [2.05, 4.69) is 4.74 Å². The Balaban J connectivity index is 3.44. The summed E-state index contributed by atoms with van der Waals surface area (Å²) >= 11 is 0. The molecule has 0 bridgehead atoms. The molecule has 0 N–H and O–H groups in total. The highest BCUT2D eigenvalue weighted by atomic mass is 19.4. The summed E-state index contributed by atoms with van der Waals surface area (Å²) in [7, 11) is 1.29. The third kappa shape index (κ3) is 4.02. The van der Waals surface area contributed by atoms with Crippen molar-refractivity contribution >= 4 is 11.4 Å². The van der Waals surface area contributed by atoms with Crippen LogP contribution in [0.1, 0.15) is 5.56 Å². The van der Waals surface area contributed by atoms with Crippen LogP contribution in [0.5, 0.6) is 5.75 Å². The fourth-order valence-corrected chi connectivity index (χ4v) is 1.41. The molecule has 11 heteroatoms. The van der Waals surface area contributed by atoms with E-state index in [4.69, 9.17) is 4.74 Å². The van der Waals surface area contributed by atoms with Gasteiger partial charge >= 0.3 is 17.6 Å². The quantitative estimate of drug-likeness (QED) is 0.454. The van der Waals surface area contributed by atoms with Gasteiger partial charge in [-0.2, -0.15) is 13.2 Å². The molecule has 0 fully saturated rings. The zero-order valence-corrected chi connectivity index (χ0v) is 10.5. The first-order valence-corrected chi connectivity index (χ1v) is 5.34. The lowest BCUT2D eigenvalue weighted by molar-refractivity contribution is -0.396. The molecule has 0 saturated heterocycles. The molecule has 0 radical (unpaired) electrons. The molecule has 0 aliphatic rings. The molecule has 21 heavy (non-hydrogen) atoms. The van der Waals surface area contributed by atoms with Crippen LogP contribution in [0.15, 0.2) is 12.1 Å². The van der Waals surface area contributed by atoms with Crippen LogP contribution >= 0.6 is 0 Å². The van der Waals surface area contributed by atoms with Crippen LogP contribution in [0.2, 0.25) is 0 Å².